The van der Waals surface area contributed by atoms with Crippen LogP contribution in [0.15, 0.2) is 48.5 Å². The van der Waals surface area contributed by atoms with E-state index in [4.69, 9.17) is 5.10 Å². The number of hydrogen-bond acceptors (Lipinski definition) is 6. The van der Waals surface area contributed by atoms with Crippen molar-refractivity contribution in [1.29, 1.82) is 0 Å². The van der Waals surface area contributed by atoms with Crippen molar-refractivity contribution in [2.75, 3.05) is 44.2 Å². The van der Waals surface area contributed by atoms with Crippen molar-refractivity contribution in [2.24, 2.45) is 11.3 Å². The molecular formula is C40H49N7O3. The van der Waals surface area contributed by atoms with E-state index in [1.165, 1.54) is 16.9 Å². The molecule has 0 spiro atoms. The molecule has 0 bridgehead atoms. The van der Waals surface area contributed by atoms with Gasteiger partial charge in [-0.15, -0.1) is 0 Å². The summed E-state index contributed by atoms with van der Waals surface area (Å²) in [4.78, 5) is 48.1. The van der Waals surface area contributed by atoms with E-state index in [-0.39, 0.29) is 23.6 Å². The molecule has 4 aliphatic rings. The van der Waals surface area contributed by atoms with Crippen LogP contribution >= 0.6 is 0 Å². The molecule has 0 radical (unpaired) electrons. The van der Waals surface area contributed by atoms with Crippen LogP contribution < -0.4 is 10.2 Å². The second-order valence-electron chi connectivity index (χ2n) is 16.0. The van der Waals surface area contributed by atoms with Crippen LogP contribution in [0.5, 0.6) is 0 Å². The molecule has 2 aromatic carbocycles. The third-order valence-corrected chi connectivity index (χ3v) is 11.8. The van der Waals surface area contributed by atoms with Crippen LogP contribution in [-0.4, -0.2) is 88.0 Å². The molecule has 3 amide bonds. The lowest BCUT2D eigenvalue weighted by atomic mass is 9.76. The normalized spacial score (nSPS) is 23.3. The van der Waals surface area contributed by atoms with Crippen LogP contribution in [-0.2, 0) is 22.4 Å². The number of aromatic amines is 2. The zero-order valence-corrected chi connectivity index (χ0v) is 29.6. The maximum Gasteiger partial charge on any atom is 0.254 e. The number of nitrogens with one attached hydrogen (secondary N) is 3. The molecule has 8 rings (SSSR count). The van der Waals surface area contributed by atoms with Crippen LogP contribution in [0.3, 0.4) is 0 Å². The largest absolute Gasteiger partial charge is 0.372 e. The second kappa shape index (κ2) is 13.0. The highest BCUT2D eigenvalue weighted by Gasteiger charge is 2.32. The summed E-state index contributed by atoms with van der Waals surface area (Å²) in [5.41, 5.74) is 8.77. The standard InChI is InChI=1S/C40H49N7O3/c1-25-23-47(39(50)29-5-4-28-20-34(41-33(28)21-29)37-32-12-15-40(2,3)22-35(32)43-44-37)19-18-46(25)24-26-13-16-45(17-14-26)30-8-6-27(7-9-30)31-10-11-36(48)42-38(31)49/h4-9,20-21,25-26,31,41H,10-19,22-24H2,1-3H3,(H,43,44)(H,42,48,49)/t25-,31?/m0/s1. The smallest absolute Gasteiger partial charge is 0.254 e. The molecule has 1 unspecified atom stereocenters. The first-order chi connectivity index (χ1) is 24.1. The summed E-state index contributed by atoms with van der Waals surface area (Å²) in [6.07, 6.45) is 6.45. The minimum Gasteiger partial charge on any atom is -0.372 e. The number of hydrogen-bond donors (Lipinski definition) is 3. The molecule has 4 aromatic rings. The Balaban J connectivity index is 0.838. The van der Waals surface area contributed by atoms with Gasteiger partial charge in [-0.25, -0.2) is 0 Å². The van der Waals surface area contributed by atoms with Gasteiger partial charge in [0.05, 0.1) is 11.6 Å². The van der Waals surface area contributed by atoms with Gasteiger partial charge in [0.25, 0.3) is 5.91 Å². The fourth-order valence-corrected chi connectivity index (χ4v) is 8.73. The first kappa shape index (κ1) is 32.7. The summed E-state index contributed by atoms with van der Waals surface area (Å²) in [5, 5.41) is 11.6. The lowest BCUT2D eigenvalue weighted by molar-refractivity contribution is -0.134. The van der Waals surface area contributed by atoms with E-state index >= 15 is 0 Å². The van der Waals surface area contributed by atoms with Gasteiger partial charge in [0.1, 0.15) is 5.69 Å². The number of anilines is 1. The van der Waals surface area contributed by atoms with Crippen molar-refractivity contribution in [2.45, 2.75) is 77.7 Å². The van der Waals surface area contributed by atoms with Gasteiger partial charge in [0.2, 0.25) is 11.8 Å². The number of nitrogens with zero attached hydrogens (tertiary/aromatic N) is 4. The number of rotatable bonds is 6. The summed E-state index contributed by atoms with van der Waals surface area (Å²) >= 11 is 0. The lowest BCUT2D eigenvalue weighted by Gasteiger charge is -2.43. The second-order valence-corrected chi connectivity index (χ2v) is 16.0. The van der Waals surface area contributed by atoms with Crippen molar-refractivity contribution < 1.29 is 14.4 Å². The van der Waals surface area contributed by atoms with Gasteiger partial charge in [0, 0.05) is 85.1 Å². The fraction of sp³-hybridized carbons (Fsp3) is 0.500. The van der Waals surface area contributed by atoms with Gasteiger partial charge in [-0.3, -0.25) is 29.7 Å². The van der Waals surface area contributed by atoms with E-state index < -0.39 is 0 Å². The Bertz CT molecular complexity index is 1920. The van der Waals surface area contributed by atoms with Crippen LogP contribution in [0.25, 0.3) is 22.3 Å². The van der Waals surface area contributed by atoms with Crippen LogP contribution in [0.2, 0.25) is 0 Å². The Morgan fingerprint density at radius 3 is 2.52 bits per heavy atom. The van der Waals surface area contributed by atoms with E-state index in [0.29, 0.717) is 30.2 Å². The number of fused-ring (bicyclic) bond motifs is 2. The predicted octanol–water partition coefficient (Wildman–Crippen LogP) is 5.66. The Labute approximate surface area is 294 Å². The Hall–Kier alpha value is -4.44. The molecule has 2 atom stereocenters. The Kier molecular flexibility index (Phi) is 8.53. The highest BCUT2D eigenvalue weighted by Crippen LogP contribution is 2.38. The Morgan fingerprint density at radius 1 is 0.960 bits per heavy atom. The number of piperazine rings is 1. The predicted molar refractivity (Wildman–Crippen MR) is 195 cm³/mol. The average molecular weight is 676 g/mol. The number of piperidine rings is 2. The maximum absolute atomic E-state index is 13.7. The zero-order chi connectivity index (χ0) is 34.6. The molecule has 1 aliphatic carbocycles. The van der Waals surface area contributed by atoms with Crippen molar-refractivity contribution in [1.82, 2.24) is 30.3 Å². The number of imide groups is 1. The highest BCUT2D eigenvalue weighted by molar-refractivity contribution is 6.01. The number of carbonyl (C=O) groups is 3. The molecule has 262 valence electrons. The summed E-state index contributed by atoms with van der Waals surface area (Å²) in [7, 11) is 0. The van der Waals surface area contributed by atoms with E-state index in [1.807, 2.05) is 29.2 Å². The van der Waals surface area contributed by atoms with Crippen molar-refractivity contribution in [3.63, 3.8) is 0 Å². The van der Waals surface area contributed by atoms with E-state index in [0.717, 1.165) is 105 Å². The van der Waals surface area contributed by atoms with Gasteiger partial charge >= 0.3 is 0 Å². The van der Waals surface area contributed by atoms with Crippen molar-refractivity contribution in [3.05, 3.63) is 70.9 Å². The topological polar surface area (TPSA) is 117 Å². The van der Waals surface area contributed by atoms with Gasteiger partial charge in [-0.1, -0.05) is 32.0 Å². The summed E-state index contributed by atoms with van der Waals surface area (Å²) < 4.78 is 0. The van der Waals surface area contributed by atoms with Crippen LogP contribution in [0, 0.1) is 11.3 Å². The monoisotopic (exact) mass is 675 g/mol. The van der Waals surface area contributed by atoms with E-state index in [1.54, 1.807) is 0 Å². The average Bonchev–Trinajstić information content (AvgIpc) is 3.72. The minimum atomic E-state index is -0.243. The highest BCUT2D eigenvalue weighted by atomic mass is 16.2. The number of amides is 3. The molecule has 5 heterocycles. The van der Waals surface area contributed by atoms with Crippen molar-refractivity contribution in [3.8, 4) is 11.4 Å². The molecule has 3 fully saturated rings. The fourth-order valence-electron chi connectivity index (χ4n) is 8.73. The summed E-state index contributed by atoms with van der Waals surface area (Å²) in [6, 6.07) is 16.8. The number of benzene rings is 2. The maximum atomic E-state index is 13.7. The molecule has 10 heteroatoms. The third kappa shape index (κ3) is 6.45. The minimum absolute atomic E-state index is 0.103. The molecule has 0 saturated carbocycles. The number of carbonyl (C=O) groups excluding carboxylic acids is 3. The molecule has 3 N–H and O–H groups in total. The van der Waals surface area contributed by atoms with Crippen molar-refractivity contribution >= 4 is 34.3 Å². The first-order valence-corrected chi connectivity index (χ1v) is 18.5. The molecular weight excluding hydrogens is 626 g/mol. The van der Waals surface area contributed by atoms with Gasteiger partial charge in [-0.2, -0.15) is 5.10 Å². The van der Waals surface area contributed by atoms with Crippen LogP contribution in [0.4, 0.5) is 5.69 Å². The summed E-state index contributed by atoms with van der Waals surface area (Å²) in [6.45, 7) is 12.4. The van der Waals surface area contributed by atoms with Gasteiger partial charge < -0.3 is 14.8 Å². The molecule has 50 heavy (non-hydrogen) atoms. The van der Waals surface area contributed by atoms with Gasteiger partial charge in [0.15, 0.2) is 0 Å². The number of H-pyrrole nitrogens is 2. The first-order valence-electron chi connectivity index (χ1n) is 18.5. The number of aromatic nitrogens is 3. The van der Waals surface area contributed by atoms with E-state index in [9.17, 15) is 14.4 Å². The third-order valence-electron chi connectivity index (χ3n) is 11.8. The van der Waals surface area contributed by atoms with Gasteiger partial charge in [-0.05, 0) is 92.7 Å². The van der Waals surface area contributed by atoms with Crippen LogP contribution in [0.1, 0.15) is 86.0 Å². The van der Waals surface area contributed by atoms with E-state index in [2.05, 4.69) is 70.2 Å². The zero-order valence-electron chi connectivity index (χ0n) is 29.6. The molecule has 10 nitrogen and oxygen atoms in total. The molecule has 3 saturated heterocycles. The summed E-state index contributed by atoms with van der Waals surface area (Å²) in [5.74, 6) is 0.131. The Morgan fingerprint density at radius 2 is 1.76 bits per heavy atom. The molecule has 2 aromatic heterocycles. The molecule has 3 aliphatic heterocycles. The lowest BCUT2D eigenvalue weighted by Crippen LogP contribution is -2.55. The SMILES string of the molecule is C[C@H]1CN(C(=O)c2ccc3cc(-c4n[nH]c5c4CCC(C)(C)C5)[nH]c3c2)CCN1CC1CCN(c2ccc(C3CCC(=O)NC3=O)cc2)CC1. The quantitative estimate of drug-likeness (QED) is 0.227.